The van der Waals surface area contributed by atoms with Gasteiger partial charge in [0.15, 0.2) is 11.5 Å². The molecule has 1 amide bonds. The predicted molar refractivity (Wildman–Crippen MR) is 118 cm³/mol. The van der Waals surface area contributed by atoms with Crippen molar-refractivity contribution in [1.29, 1.82) is 0 Å². The highest BCUT2D eigenvalue weighted by molar-refractivity contribution is 9.10. The summed E-state index contributed by atoms with van der Waals surface area (Å²) in [6.45, 7) is 2.76. The zero-order chi connectivity index (χ0) is 21.9. The maximum Gasteiger partial charge on any atom is 0.271 e. The minimum absolute atomic E-state index is 0.145. The quantitative estimate of drug-likeness (QED) is 0.210. The van der Waals surface area contributed by atoms with E-state index in [2.05, 4.69) is 33.4 Å². The van der Waals surface area contributed by atoms with Crippen LogP contribution in [0.4, 0.5) is 5.69 Å². The van der Waals surface area contributed by atoms with Crippen LogP contribution in [0.2, 0.25) is 0 Å². The second-order valence-electron chi connectivity index (χ2n) is 6.45. The molecule has 0 bridgehead atoms. The molecule has 8 nitrogen and oxygen atoms in total. The standard InChI is InChI=1S/C21H24BrN3O5/c1-3-4-5-6-10-30-20-18(22)11-15(12-19(20)29-2)14-23-24-21(26)16-8-7-9-17(13-16)25(27)28/h7-9,11-14H,3-6,10H2,1-2H3,(H,24,26)/b23-14+. The Morgan fingerprint density at radius 2 is 2.07 bits per heavy atom. The number of hydrogen-bond acceptors (Lipinski definition) is 6. The van der Waals surface area contributed by atoms with Gasteiger partial charge < -0.3 is 9.47 Å². The van der Waals surface area contributed by atoms with E-state index in [1.807, 2.05) is 0 Å². The van der Waals surface area contributed by atoms with Crippen LogP contribution in [0.15, 0.2) is 46.0 Å². The second-order valence-corrected chi connectivity index (χ2v) is 7.30. The van der Waals surface area contributed by atoms with E-state index in [4.69, 9.17) is 9.47 Å². The lowest BCUT2D eigenvalue weighted by Gasteiger charge is -2.13. The van der Waals surface area contributed by atoms with Crippen molar-refractivity contribution in [3.63, 3.8) is 0 Å². The maximum atomic E-state index is 12.1. The van der Waals surface area contributed by atoms with Crippen molar-refractivity contribution < 1.29 is 19.2 Å². The van der Waals surface area contributed by atoms with Gasteiger partial charge in [-0.1, -0.05) is 32.3 Å². The number of nitrogens with one attached hydrogen (secondary N) is 1. The van der Waals surface area contributed by atoms with Crippen LogP contribution in [0.3, 0.4) is 0 Å². The molecular formula is C21H24BrN3O5. The van der Waals surface area contributed by atoms with Crippen molar-refractivity contribution in [1.82, 2.24) is 5.43 Å². The highest BCUT2D eigenvalue weighted by Crippen LogP contribution is 2.36. The van der Waals surface area contributed by atoms with E-state index in [1.54, 1.807) is 19.2 Å². The van der Waals surface area contributed by atoms with Crippen LogP contribution in [0.25, 0.3) is 0 Å². The number of ether oxygens (including phenoxy) is 2. The average Bonchev–Trinajstić information content (AvgIpc) is 2.74. The van der Waals surface area contributed by atoms with Crippen molar-refractivity contribution in [3.8, 4) is 11.5 Å². The lowest BCUT2D eigenvalue weighted by Crippen LogP contribution is -2.17. The maximum absolute atomic E-state index is 12.1. The van der Waals surface area contributed by atoms with Gasteiger partial charge in [-0.15, -0.1) is 0 Å². The van der Waals surface area contributed by atoms with Gasteiger partial charge in [0, 0.05) is 17.7 Å². The Labute approximate surface area is 183 Å². The highest BCUT2D eigenvalue weighted by Gasteiger charge is 2.12. The lowest BCUT2D eigenvalue weighted by atomic mass is 10.2. The summed E-state index contributed by atoms with van der Waals surface area (Å²) >= 11 is 3.48. The first kappa shape index (κ1) is 23.3. The van der Waals surface area contributed by atoms with Gasteiger partial charge in [-0.3, -0.25) is 14.9 Å². The van der Waals surface area contributed by atoms with E-state index in [0.29, 0.717) is 28.1 Å². The van der Waals surface area contributed by atoms with Crippen LogP contribution in [-0.4, -0.2) is 30.8 Å². The summed E-state index contributed by atoms with van der Waals surface area (Å²) < 4.78 is 12.0. The van der Waals surface area contributed by atoms with Crippen LogP contribution >= 0.6 is 15.9 Å². The van der Waals surface area contributed by atoms with Gasteiger partial charge in [0.1, 0.15) is 0 Å². The van der Waals surface area contributed by atoms with Crippen molar-refractivity contribution >= 4 is 33.7 Å². The van der Waals surface area contributed by atoms with E-state index in [1.165, 1.54) is 43.3 Å². The summed E-state index contributed by atoms with van der Waals surface area (Å²) in [5.74, 6) is 0.617. The minimum Gasteiger partial charge on any atom is -0.493 e. The molecule has 0 heterocycles. The monoisotopic (exact) mass is 477 g/mol. The van der Waals surface area contributed by atoms with E-state index in [-0.39, 0.29) is 11.3 Å². The second kappa shape index (κ2) is 11.9. The normalized spacial score (nSPS) is 10.8. The molecule has 0 saturated heterocycles. The molecule has 0 aromatic heterocycles. The summed E-state index contributed by atoms with van der Waals surface area (Å²) in [6.07, 6.45) is 5.88. The van der Waals surface area contributed by atoms with Crippen molar-refractivity contribution in [2.24, 2.45) is 5.10 Å². The van der Waals surface area contributed by atoms with E-state index in [9.17, 15) is 14.9 Å². The fourth-order valence-electron chi connectivity index (χ4n) is 2.65. The molecular weight excluding hydrogens is 454 g/mol. The number of hydrazone groups is 1. The first-order chi connectivity index (χ1) is 14.5. The zero-order valence-electron chi connectivity index (χ0n) is 16.9. The first-order valence-electron chi connectivity index (χ1n) is 9.54. The number of non-ortho nitro benzene ring substituents is 1. The predicted octanol–water partition coefficient (Wildman–Crippen LogP) is 5.09. The Hall–Kier alpha value is -2.94. The number of unbranched alkanes of at least 4 members (excludes halogenated alkanes) is 3. The molecule has 0 fully saturated rings. The number of nitro benzene ring substituents is 1. The Morgan fingerprint density at radius 3 is 2.77 bits per heavy atom. The number of nitro groups is 1. The van der Waals surface area contributed by atoms with E-state index in [0.717, 1.165) is 12.8 Å². The Bertz CT molecular complexity index is 918. The van der Waals surface area contributed by atoms with Crippen LogP contribution in [0, 0.1) is 10.1 Å². The fraction of sp³-hybridized carbons (Fsp3) is 0.333. The zero-order valence-corrected chi connectivity index (χ0v) is 18.5. The van der Waals surface area contributed by atoms with Crippen LogP contribution in [0.5, 0.6) is 11.5 Å². The Morgan fingerprint density at radius 1 is 1.27 bits per heavy atom. The number of halogens is 1. The van der Waals surface area contributed by atoms with Gasteiger partial charge in [-0.05, 0) is 46.1 Å². The minimum atomic E-state index is -0.558. The topological polar surface area (TPSA) is 103 Å². The molecule has 2 aromatic rings. The van der Waals surface area contributed by atoms with E-state index >= 15 is 0 Å². The summed E-state index contributed by atoms with van der Waals surface area (Å²) in [5, 5.41) is 14.7. The molecule has 2 rings (SSSR count). The van der Waals surface area contributed by atoms with Crippen molar-refractivity contribution in [2.45, 2.75) is 32.6 Å². The van der Waals surface area contributed by atoms with Gasteiger partial charge in [0.2, 0.25) is 0 Å². The summed E-state index contributed by atoms with van der Waals surface area (Å²) in [6, 6.07) is 8.97. The number of methoxy groups -OCH3 is 1. The first-order valence-corrected chi connectivity index (χ1v) is 10.3. The molecule has 0 spiro atoms. The number of nitrogens with zero attached hydrogens (tertiary/aromatic N) is 2. The molecule has 0 radical (unpaired) electrons. The van der Waals surface area contributed by atoms with Crippen LogP contribution < -0.4 is 14.9 Å². The average molecular weight is 478 g/mol. The molecule has 0 aliphatic carbocycles. The third kappa shape index (κ3) is 6.84. The number of carbonyl (C=O) groups excluding carboxylic acids is 1. The molecule has 0 unspecified atom stereocenters. The van der Waals surface area contributed by atoms with Crippen molar-refractivity contribution in [3.05, 3.63) is 62.1 Å². The molecule has 2 aromatic carbocycles. The van der Waals surface area contributed by atoms with Gasteiger partial charge in [-0.25, -0.2) is 5.43 Å². The molecule has 1 N–H and O–H groups in total. The van der Waals surface area contributed by atoms with Gasteiger partial charge in [-0.2, -0.15) is 5.10 Å². The summed E-state index contributed by atoms with van der Waals surface area (Å²) in [4.78, 5) is 22.4. The molecule has 9 heteroatoms. The third-order valence-electron chi connectivity index (χ3n) is 4.19. The van der Waals surface area contributed by atoms with Crippen molar-refractivity contribution in [2.75, 3.05) is 13.7 Å². The van der Waals surface area contributed by atoms with Crippen LogP contribution in [-0.2, 0) is 0 Å². The smallest absolute Gasteiger partial charge is 0.271 e. The van der Waals surface area contributed by atoms with Gasteiger partial charge >= 0.3 is 0 Å². The number of rotatable bonds is 11. The lowest BCUT2D eigenvalue weighted by molar-refractivity contribution is -0.384. The van der Waals surface area contributed by atoms with Gasteiger partial charge in [0.05, 0.1) is 29.3 Å². The largest absolute Gasteiger partial charge is 0.493 e. The summed E-state index contributed by atoms with van der Waals surface area (Å²) in [5.41, 5.74) is 3.02. The Balaban J connectivity index is 2.03. The summed E-state index contributed by atoms with van der Waals surface area (Å²) in [7, 11) is 1.55. The highest BCUT2D eigenvalue weighted by atomic mass is 79.9. The molecule has 30 heavy (non-hydrogen) atoms. The van der Waals surface area contributed by atoms with E-state index < -0.39 is 10.8 Å². The molecule has 0 aliphatic heterocycles. The number of carbonyl (C=O) groups is 1. The number of hydrogen-bond donors (Lipinski definition) is 1. The SMILES string of the molecule is CCCCCCOc1c(Br)cc(/C=N/NC(=O)c2cccc([N+](=O)[O-])c2)cc1OC. The third-order valence-corrected chi connectivity index (χ3v) is 4.78. The van der Waals surface area contributed by atoms with Crippen LogP contribution in [0.1, 0.15) is 48.5 Å². The Kier molecular flexibility index (Phi) is 9.27. The molecule has 0 aliphatic rings. The number of benzene rings is 2. The number of amides is 1. The molecule has 0 atom stereocenters. The van der Waals surface area contributed by atoms with Gasteiger partial charge in [0.25, 0.3) is 11.6 Å². The molecule has 160 valence electrons. The molecule has 0 saturated carbocycles. The fourth-order valence-corrected chi connectivity index (χ4v) is 3.22.